The molecule has 4 rings (SSSR count). The molecule has 10 heteroatoms. The summed E-state index contributed by atoms with van der Waals surface area (Å²) < 4.78 is 18.7. The van der Waals surface area contributed by atoms with Crippen LogP contribution in [0.25, 0.3) is 0 Å². The molecule has 2 heterocycles. The predicted molar refractivity (Wildman–Crippen MR) is 131 cm³/mol. The molecule has 176 valence electrons. The number of anilines is 5. The van der Waals surface area contributed by atoms with Gasteiger partial charge in [0.05, 0.1) is 18.2 Å². The van der Waals surface area contributed by atoms with Crippen LogP contribution in [0.1, 0.15) is 0 Å². The van der Waals surface area contributed by atoms with Crippen molar-refractivity contribution >= 4 is 46.2 Å². The number of aromatic nitrogens is 2. The monoisotopic (exact) mass is 482 g/mol. The number of carbonyl (C=O) groups is 1. The number of carbonyl (C=O) groups excluding carboxylic acids is 1. The first-order chi connectivity index (χ1) is 16.5. The van der Waals surface area contributed by atoms with E-state index in [1.165, 1.54) is 18.5 Å². The fraction of sp³-hybridized carbons (Fsp3) is 0.208. The fourth-order valence-corrected chi connectivity index (χ4v) is 3.50. The van der Waals surface area contributed by atoms with E-state index in [2.05, 4.69) is 30.8 Å². The summed E-state index contributed by atoms with van der Waals surface area (Å²) >= 11 is 5.83. The Bertz CT molecular complexity index is 1170. The average Bonchev–Trinajstić information content (AvgIpc) is 2.83. The molecule has 2 aromatic carbocycles. The van der Waals surface area contributed by atoms with Gasteiger partial charge in [-0.05, 0) is 36.4 Å². The maximum Gasteiger partial charge on any atom is 0.248 e. The van der Waals surface area contributed by atoms with Crippen LogP contribution in [0.15, 0.2) is 67.0 Å². The second kappa shape index (κ2) is 11.6. The highest BCUT2D eigenvalue weighted by Crippen LogP contribution is 2.24. The highest BCUT2D eigenvalue weighted by molar-refractivity contribution is 6.31. The van der Waals surface area contributed by atoms with Crippen LogP contribution in [0, 0.1) is 5.82 Å². The van der Waals surface area contributed by atoms with Gasteiger partial charge in [0.15, 0.2) is 0 Å². The molecular weight excluding hydrogens is 459 g/mol. The third kappa shape index (κ3) is 6.98. The number of amides is 1. The molecule has 1 amide bonds. The lowest BCUT2D eigenvalue weighted by Crippen LogP contribution is -2.36. The maximum absolute atomic E-state index is 13.4. The van der Waals surface area contributed by atoms with Crippen molar-refractivity contribution in [3.8, 4) is 0 Å². The second-order valence-electron chi connectivity index (χ2n) is 7.55. The first-order valence-electron chi connectivity index (χ1n) is 10.7. The summed E-state index contributed by atoms with van der Waals surface area (Å²) in [6, 6.07) is 13.3. The maximum atomic E-state index is 13.4. The van der Waals surface area contributed by atoms with Gasteiger partial charge in [-0.3, -0.25) is 9.69 Å². The minimum atomic E-state index is -0.489. The Kier molecular flexibility index (Phi) is 8.03. The molecular formula is C24H24ClFN6O2. The molecule has 34 heavy (non-hydrogen) atoms. The normalized spacial score (nSPS) is 14.2. The van der Waals surface area contributed by atoms with Crippen LogP contribution in [-0.4, -0.2) is 53.6 Å². The minimum absolute atomic E-state index is 0.0206. The third-order valence-corrected chi connectivity index (χ3v) is 5.29. The molecule has 3 aromatic rings. The standard InChI is InChI=1S/C24H24ClFN6O2/c25-20-14-19(6-7-21(20)26)30-23-15-22(27-16-28-23)29-17-3-1-4-18(13-17)31-24(33)5-2-8-32-9-11-34-12-10-32/h1-7,13-16H,8-12H2,(H,31,33)(H2,27,28,29,30)/b5-2+. The molecule has 1 aliphatic heterocycles. The Labute approximate surface area is 201 Å². The summed E-state index contributed by atoms with van der Waals surface area (Å²) in [6.07, 6.45) is 4.80. The van der Waals surface area contributed by atoms with Crippen LogP contribution < -0.4 is 16.0 Å². The summed E-state index contributed by atoms with van der Waals surface area (Å²) in [5, 5.41) is 9.13. The van der Waals surface area contributed by atoms with Crippen molar-refractivity contribution in [1.29, 1.82) is 0 Å². The van der Waals surface area contributed by atoms with Crippen molar-refractivity contribution in [1.82, 2.24) is 14.9 Å². The van der Waals surface area contributed by atoms with Crippen molar-refractivity contribution in [3.63, 3.8) is 0 Å². The van der Waals surface area contributed by atoms with Gasteiger partial charge >= 0.3 is 0 Å². The molecule has 0 aliphatic carbocycles. The Morgan fingerprint density at radius 2 is 1.74 bits per heavy atom. The smallest absolute Gasteiger partial charge is 0.248 e. The van der Waals surface area contributed by atoms with E-state index < -0.39 is 5.82 Å². The molecule has 0 bridgehead atoms. The average molecular weight is 483 g/mol. The lowest BCUT2D eigenvalue weighted by atomic mass is 10.2. The van der Waals surface area contributed by atoms with Gasteiger partial charge in [0.2, 0.25) is 5.91 Å². The van der Waals surface area contributed by atoms with Gasteiger partial charge < -0.3 is 20.7 Å². The van der Waals surface area contributed by atoms with E-state index >= 15 is 0 Å². The molecule has 0 unspecified atom stereocenters. The summed E-state index contributed by atoms with van der Waals surface area (Å²) in [5.74, 6) is 0.364. The van der Waals surface area contributed by atoms with Gasteiger partial charge in [0.1, 0.15) is 23.8 Å². The van der Waals surface area contributed by atoms with Crippen LogP contribution in [-0.2, 0) is 9.53 Å². The minimum Gasteiger partial charge on any atom is -0.379 e. The summed E-state index contributed by atoms with van der Waals surface area (Å²) in [4.78, 5) is 22.9. The largest absolute Gasteiger partial charge is 0.379 e. The number of hydrogen-bond acceptors (Lipinski definition) is 7. The van der Waals surface area contributed by atoms with E-state index in [4.69, 9.17) is 16.3 Å². The molecule has 1 fully saturated rings. The zero-order valence-corrected chi connectivity index (χ0v) is 19.1. The van der Waals surface area contributed by atoms with E-state index in [0.717, 1.165) is 32.0 Å². The lowest BCUT2D eigenvalue weighted by Gasteiger charge is -2.25. The van der Waals surface area contributed by atoms with E-state index in [9.17, 15) is 9.18 Å². The summed E-state index contributed by atoms with van der Waals surface area (Å²) in [7, 11) is 0. The van der Waals surface area contributed by atoms with Crippen LogP contribution >= 0.6 is 11.6 Å². The molecule has 0 saturated carbocycles. The number of rotatable bonds is 8. The molecule has 1 aromatic heterocycles. The van der Waals surface area contributed by atoms with Crippen molar-refractivity contribution in [2.24, 2.45) is 0 Å². The van der Waals surface area contributed by atoms with Crippen LogP contribution in [0.3, 0.4) is 0 Å². The number of morpholine rings is 1. The van der Waals surface area contributed by atoms with Crippen LogP contribution in [0.4, 0.5) is 33.1 Å². The van der Waals surface area contributed by atoms with Gasteiger partial charge in [-0.2, -0.15) is 0 Å². The zero-order valence-electron chi connectivity index (χ0n) is 18.3. The molecule has 0 radical (unpaired) electrons. The fourth-order valence-electron chi connectivity index (χ4n) is 3.31. The molecule has 1 aliphatic rings. The SMILES string of the molecule is O=C(/C=C/CN1CCOCC1)Nc1cccc(Nc2cc(Nc3ccc(F)c(Cl)c3)ncn2)c1. The van der Waals surface area contributed by atoms with Crippen LogP contribution in [0.2, 0.25) is 5.02 Å². The summed E-state index contributed by atoms with van der Waals surface area (Å²) in [5.41, 5.74) is 1.99. The molecule has 8 nitrogen and oxygen atoms in total. The molecule has 0 atom stereocenters. The Morgan fingerprint density at radius 3 is 2.47 bits per heavy atom. The molecule has 0 spiro atoms. The van der Waals surface area contributed by atoms with E-state index in [-0.39, 0.29) is 10.9 Å². The predicted octanol–water partition coefficient (Wildman–Crippen LogP) is 4.58. The van der Waals surface area contributed by atoms with Gasteiger partial charge in [-0.15, -0.1) is 0 Å². The lowest BCUT2D eigenvalue weighted by molar-refractivity contribution is -0.111. The number of ether oxygens (including phenoxy) is 1. The molecule has 3 N–H and O–H groups in total. The van der Waals surface area contributed by atoms with E-state index in [0.29, 0.717) is 29.6 Å². The van der Waals surface area contributed by atoms with Gasteiger partial charge in [0.25, 0.3) is 0 Å². The number of halogens is 2. The first kappa shape index (κ1) is 23.6. The van der Waals surface area contributed by atoms with Crippen molar-refractivity contribution in [2.75, 3.05) is 48.8 Å². The van der Waals surface area contributed by atoms with Gasteiger partial charge in [-0.25, -0.2) is 14.4 Å². The van der Waals surface area contributed by atoms with Gasteiger partial charge in [-0.1, -0.05) is 23.7 Å². The Balaban J connectivity index is 1.34. The van der Waals surface area contributed by atoms with Crippen molar-refractivity contribution in [3.05, 3.63) is 77.9 Å². The van der Waals surface area contributed by atoms with E-state index in [1.807, 2.05) is 30.3 Å². The first-order valence-corrected chi connectivity index (χ1v) is 11.1. The topological polar surface area (TPSA) is 91.4 Å². The Morgan fingerprint density at radius 1 is 1.03 bits per heavy atom. The molecule has 1 saturated heterocycles. The Hall–Kier alpha value is -3.53. The van der Waals surface area contributed by atoms with E-state index in [1.54, 1.807) is 18.2 Å². The van der Waals surface area contributed by atoms with Crippen molar-refractivity contribution in [2.45, 2.75) is 0 Å². The number of nitrogens with zero attached hydrogens (tertiary/aromatic N) is 3. The highest BCUT2D eigenvalue weighted by Gasteiger charge is 2.08. The zero-order chi connectivity index (χ0) is 23.8. The summed E-state index contributed by atoms with van der Waals surface area (Å²) in [6.45, 7) is 3.91. The quantitative estimate of drug-likeness (QED) is 0.405. The van der Waals surface area contributed by atoms with Crippen molar-refractivity contribution < 1.29 is 13.9 Å². The third-order valence-electron chi connectivity index (χ3n) is 5.00. The number of nitrogens with one attached hydrogen (secondary N) is 3. The number of benzene rings is 2. The van der Waals surface area contributed by atoms with Crippen LogP contribution in [0.5, 0.6) is 0 Å². The van der Waals surface area contributed by atoms with Gasteiger partial charge in [0, 0.05) is 48.8 Å². The number of hydrogen-bond donors (Lipinski definition) is 3. The second-order valence-corrected chi connectivity index (χ2v) is 7.96. The highest BCUT2D eigenvalue weighted by atomic mass is 35.5.